The van der Waals surface area contributed by atoms with Gasteiger partial charge in [0, 0.05) is 17.5 Å². The van der Waals surface area contributed by atoms with Gasteiger partial charge in [-0.1, -0.05) is 23.7 Å². The van der Waals surface area contributed by atoms with Gasteiger partial charge >= 0.3 is 0 Å². The van der Waals surface area contributed by atoms with Crippen molar-refractivity contribution in [1.29, 1.82) is 0 Å². The largest absolute Gasteiger partial charge is 0.495 e. The van der Waals surface area contributed by atoms with E-state index in [4.69, 9.17) is 21.1 Å². The van der Waals surface area contributed by atoms with Gasteiger partial charge in [0.05, 0.1) is 19.4 Å². The van der Waals surface area contributed by atoms with Crippen molar-refractivity contribution in [2.75, 3.05) is 32.1 Å². The molecular formula is C22H27ClN2O3. The maximum Gasteiger partial charge on any atom is 0.227 e. The van der Waals surface area contributed by atoms with E-state index in [2.05, 4.69) is 22.3 Å². The van der Waals surface area contributed by atoms with Gasteiger partial charge in [0.2, 0.25) is 5.91 Å². The van der Waals surface area contributed by atoms with E-state index >= 15 is 0 Å². The van der Waals surface area contributed by atoms with E-state index in [1.807, 2.05) is 19.1 Å². The molecule has 0 aromatic heterocycles. The topological polar surface area (TPSA) is 50.8 Å². The summed E-state index contributed by atoms with van der Waals surface area (Å²) in [6.07, 6.45) is 1.67. The summed E-state index contributed by atoms with van der Waals surface area (Å²) in [5.41, 5.74) is 1.85. The average Bonchev–Trinajstić information content (AvgIpc) is 2.69. The number of anilines is 1. The summed E-state index contributed by atoms with van der Waals surface area (Å²) in [4.78, 5) is 15.1. The van der Waals surface area contributed by atoms with Crippen LogP contribution in [0.3, 0.4) is 0 Å². The monoisotopic (exact) mass is 402 g/mol. The molecule has 2 aromatic rings. The van der Waals surface area contributed by atoms with Crippen LogP contribution in [0.2, 0.25) is 5.02 Å². The van der Waals surface area contributed by atoms with Gasteiger partial charge in [0.15, 0.2) is 0 Å². The third-order valence-corrected chi connectivity index (χ3v) is 5.23. The van der Waals surface area contributed by atoms with Crippen molar-refractivity contribution in [3.8, 4) is 11.5 Å². The van der Waals surface area contributed by atoms with E-state index in [0.29, 0.717) is 23.1 Å². The summed E-state index contributed by atoms with van der Waals surface area (Å²) in [6, 6.07) is 13.4. The smallest absolute Gasteiger partial charge is 0.227 e. The highest BCUT2D eigenvalue weighted by atomic mass is 35.5. The second kappa shape index (κ2) is 9.80. The number of piperidine rings is 1. The molecule has 5 nitrogen and oxygen atoms in total. The van der Waals surface area contributed by atoms with Crippen LogP contribution in [0.25, 0.3) is 0 Å². The van der Waals surface area contributed by atoms with E-state index in [9.17, 15) is 4.79 Å². The van der Waals surface area contributed by atoms with Crippen LogP contribution >= 0.6 is 11.6 Å². The number of ether oxygens (including phenoxy) is 2. The Morgan fingerprint density at radius 3 is 2.71 bits per heavy atom. The zero-order valence-electron chi connectivity index (χ0n) is 16.4. The molecule has 1 aliphatic heterocycles. The number of benzene rings is 2. The van der Waals surface area contributed by atoms with Gasteiger partial charge in [-0.15, -0.1) is 0 Å². The molecule has 1 aliphatic rings. The number of rotatable bonds is 7. The number of carbonyl (C=O) groups excluding carboxylic acids is 1. The minimum Gasteiger partial charge on any atom is -0.495 e. The molecule has 0 saturated carbocycles. The Balaban J connectivity index is 1.53. The first-order valence-corrected chi connectivity index (χ1v) is 10.1. The van der Waals surface area contributed by atoms with E-state index in [1.165, 1.54) is 5.56 Å². The maximum atomic E-state index is 12.7. The number of halogens is 1. The minimum absolute atomic E-state index is 0.00491. The Morgan fingerprint density at radius 2 is 2.00 bits per heavy atom. The first kappa shape index (κ1) is 20.5. The molecule has 1 N–H and O–H groups in total. The fourth-order valence-corrected chi connectivity index (χ4v) is 3.70. The summed E-state index contributed by atoms with van der Waals surface area (Å²) >= 11 is 6.05. The third kappa shape index (κ3) is 5.40. The fraction of sp³-hybridized carbons (Fsp3) is 0.409. The zero-order chi connectivity index (χ0) is 19.9. The molecule has 3 rings (SSSR count). The second-order valence-corrected chi connectivity index (χ2v) is 7.40. The number of likely N-dealkylation sites (tertiary alicyclic amines) is 1. The molecule has 6 heteroatoms. The van der Waals surface area contributed by atoms with Crippen molar-refractivity contribution < 1.29 is 14.3 Å². The van der Waals surface area contributed by atoms with Gasteiger partial charge in [-0.05, 0) is 68.8 Å². The van der Waals surface area contributed by atoms with Gasteiger partial charge in [0.1, 0.15) is 11.5 Å². The molecule has 1 fully saturated rings. The predicted molar refractivity (Wildman–Crippen MR) is 112 cm³/mol. The Bertz CT molecular complexity index is 804. The second-order valence-electron chi connectivity index (χ2n) is 6.96. The molecule has 1 amide bonds. The van der Waals surface area contributed by atoms with Crippen molar-refractivity contribution in [2.45, 2.75) is 26.3 Å². The highest BCUT2D eigenvalue weighted by Crippen LogP contribution is 2.29. The molecule has 150 valence electrons. The number of nitrogens with one attached hydrogen (secondary N) is 1. The molecule has 28 heavy (non-hydrogen) atoms. The Kier molecular flexibility index (Phi) is 7.18. The summed E-state index contributed by atoms with van der Waals surface area (Å²) in [6.45, 7) is 5.31. The van der Waals surface area contributed by atoms with Crippen LogP contribution in [-0.2, 0) is 11.3 Å². The van der Waals surface area contributed by atoms with Crippen LogP contribution in [0.15, 0.2) is 42.5 Å². The Labute approximate surface area is 171 Å². The number of nitrogens with zero attached hydrogens (tertiary/aromatic N) is 1. The normalized spacial score (nSPS) is 15.2. The van der Waals surface area contributed by atoms with Crippen LogP contribution < -0.4 is 14.8 Å². The van der Waals surface area contributed by atoms with E-state index in [1.54, 1.807) is 25.3 Å². The molecule has 0 bridgehead atoms. The lowest BCUT2D eigenvalue weighted by Crippen LogP contribution is -2.37. The fourth-order valence-electron chi connectivity index (χ4n) is 3.52. The summed E-state index contributed by atoms with van der Waals surface area (Å²) in [5, 5.41) is 3.54. The minimum atomic E-state index is -0.00491. The highest BCUT2D eigenvalue weighted by Gasteiger charge is 2.25. The zero-order valence-corrected chi connectivity index (χ0v) is 17.2. The van der Waals surface area contributed by atoms with Gasteiger partial charge < -0.3 is 14.8 Å². The number of methoxy groups -OCH3 is 1. The number of carbonyl (C=O) groups is 1. The molecule has 2 aromatic carbocycles. The molecule has 0 aliphatic carbocycles. The molecule has 0 atom stereocenters. The molecule has 1 heterocycles. The van der Waals surface area contributed by atoms with Crippen molar-refractivity contribution in [3.63, 3.8) is 0 Å². The highest BCUT2D eigenvalue weighted by molar-refractivity contribution is 6.31. The maximum absolute atomic E-state index is 12.7. The lowest BCUT2D eigenvalue weighted by Gasteiger charge is -2.31. The van der Waals surface area contributed by atoms with Crippen LogP contribution in [0, 0.1) is 5.92 Å². The predicted octanol–water partition coefficient (Wildman–Crippen LogP) is 4.60. The van der Waals surface area contributed by atoms with Crippen molar-refractivity contribution in [2.24, 2.45) is 5.92 Å². The van der Waals surface area contributed by atoms with Crippen molar-refractivity contribution in [1.82, 2.24) is 4.90 Å². The third-order valence-electron chi connectivity index (χ3n) is 4.99. The molecule has 1 saturated heterocycles. The van der Waals surface area contributed by atoms with Crippen molar-refractivity contribution >= 4 is 23.2 Å². The summed E-state index contributed by atoms with van der Waals surface area (Å²) < 4.78 is 10.9. The molecule has 0 unspecified atom stereocenters. The van der Waals surface area contributed by atoms with Crippen LogP contribution in [0.5, 0.6) is 11.5 Å². The van der Waals surface area contributed by atoms with E-state index in [0.717, 1.165) is 38.2 Å². The van der Waals surface area contributed by atoms with Gasteiger partial charge in [-0.3, -0.25) is 9.69 Å². The first-order valence-electron chi connectivity index (χ1n) is 9.67. The molecule has 0 spiro atoms. The molecule has 0 radical (unpaired) electrons. The van der Waals surface area contributed by atoms with E-state index < -0.39 is 0 Å². The van der Waals surface area contributed by atoms with Crippen molar-refractivity contribution in [3.05, 3.63) is 53.1 Å². The summed E-state index contributed by atoms with van der Waals surface area (Å²) in [5.74, 6) is 1.54. The average molecular weight is 403 g/mol. The standard InChI is InChI=1S/C22H27ClN2O3/c1-3-28-19-6-4-5-16(13-19)15-25-11-9-17(10-12-25)22(26)24-20-14-18(23)7-8-21(20)27-2/h4-8,13-14,17H,3,9-12,15H2,1-2H3,(H,24,26). The number of amides is 1. The quantitative estimate of drug-likeness (QED) is 0.735. The van der Waals surface area contributed by atoms with E-state index in [-0.39, 0.29) is 11.8 Å². The summed E-state index contributed by atoms with van der Waals surface area (Å²) in [7, 11) is 1.58. The van der Waals surface area contributed by atoms with Gasteiger partial charge in [-0.2, -0.15) is 0 Å². The van der Waals surface area contributed by atoms with Crippen LogP contribution in [0.4, 0.5) is 5.69 Å². The molecular weight excluding hydrogens is 376 g/mol. The van der Waals surface area contributed by atoms with Gasteiger partial charge in [-0.25, -0.2) is 0 Å². The lowest BCUT2D eigenvalue weighted by molar-refractivity contribution is -0.121. The van der Waals surface area contributed by atoms with Crippen LogP contribution in [-0.4, -0.2) is 37.6 Å². The van der Waals surface area contributed by atoms with Crippen LogP contribution in [0.1, 0.15) is 25.3 Å². The number of hydrogen-bond acceptors (Lipinski definition) is 4. The number of hydrogen-bond donors (Lipinski definition) is 1. The van der Waals surface area contributed by atoms with Gasteiger partial charge in [0.25, 0.3) is 0 Å². The Morgan fingerprint density at radius 1 is 1.21 bits per heavy atom. The SMILES string of the molecule is CCOc1cccc(CN2CCC(C(=O)Nc3cc(Cl)ccc3OC)CC2)c1. The Hall–Kier alpha value is -2.24. The first-order chi connectivity index (χ1) is 13.6. The lowest BCUT2D eigenvalue weighted by atomic mass is 9.95.